The molecule has 6 rings (SSSR count). The second kappa shape index (κ2) is 8.63. The van der Waals surface area contributed by atoms with Gasteiger partial charge in [-0.05, 0) is 55.5 Å². The first-order chi connectivity index (χ1) is 17.4. The molecule has 1 atom stereocenters. The molecule has 0 unspecified atom stereocenters. The van der Waals surface area contributed by atoms with E-state index in [1.807, 2.05) is 4.90 Å². The Balaban J connectivity index is 1.58. The summed E-state index contributed by atoms with van der Waals surface area (Å²) in [6.07, 6.45) is 2.80. The largest absolute Gasteiger partial charge is 0.477 e. The van der Waals surface area contributed by atoms with E-state index in [1.165, 1.54) is 18.2 Å². The van der Waals surface area contributed by atoms with E-state index >= 15 is 0 Å². The predicted octanol–water partition coefficient (Wildman–Crippen LogP) is 5.08. The molecule has 0 radical (unpaired) electrons. The van der Waals surface area contributed by atoms with Gasteiger partial charge in [-0.25, -0.2) is 9.18 Å². The van der Waals surface area contributed by atoms with E-state index in [-0.39, 0.29) is 28.5 Å². The first kappa shape index (κ1) is 22.5. The summed E-state index contributed by atoms with van der Waals surface area (Å²) >= 11 is 1.10. The van der Waals surface area contributed by atoms with Gasteiger partial charge in [0.2, 0.25) is 11.8 Å². The van der Waals surface area contributed by atoms with E-state index in [2.05, 4.69) is 10.2 Å². The highest BCUT2D eigenvalue weighted by Crippen LogP contribution is 2.49. The average molecular weight is 505 g/mol. The van der Waals surface area contributed by atoms with Crippen LogP contribution in [-0.4, -0.2) is 43.6 Å². The van der Waals surface area contributed by atoms with Crippen molar-refractivity contribution in [2.24, 2.45) is 0 Å². The molecule has 36 heavy (non-hydrogen) atoms. The molecule has 8 nitrogen and oxygen atoms in total. The third kappa shape index (κ3) is 3.69. The van der Waals surface area contributed by atoms with Crippen LogP contribution >= 0.6 is 11.3 Å². The molecule has 0 spiro atoms. The topological polar surface area (TPSA) is 109 Å². The fourth-order valence-electron chi connectivity index (χ4n) is 5.11. The van der Waals surface area contributed by atoms with Crippen molar-refractivity contribution < 1.29 is 23.5 Å². The summed E-state index contributed by atoms with van der Waals surface area (Å²) in [5.41, 5.74) is 3.96. The van der Waals surface area contributed by atoms with Gasteiger partial charge in [0.1, 0.15) is 10.7 Å². The summed E-state index contributed by atoms with van der Waals surface area (Å²) in [5.74, 6) is -0.841. The number of carboxylic acids is 1. The number of fused-ring (bicyclic) bond motifs is 3. The Kier molecular flexibility index (Phi) is 5.40. The van der Waals surface area contributed by atoms with Crippen molar-refractivity contribution >= 4 is 23.2 Å². The van der Waals surface area contributed by atoms with Crippen LogP contribution in [-0.2, 0) is 12.8 Å². The highest BCUT2D eigenvalue weighted by atomic mass is 32.1. The summed E-state index contributed by atoms with van der Waals surface area (Å²) in [6, 6.07) is 9.48. The van der Waals surface area contributed by atoms with E-state index in [0.717, 1.165) is 29.7 Å². The van der Waals surface area contributed by atoms with Gasteiger partial charge in [-0.2, -0.15) is 0 Å². The number of carbonyl (C=O) groups excluding carboxylic acids is 1. The number of aryl methyl sites for hydroxylation is 3. The lowest BCUT2D eigenvalue weighted by molar-refractivity contribution is 0.0701. The number of rotatable bonds is 6. The third-order valence-corrected chi connectivity index (χ3v) is 7.80. The lowest BCUT2D eigenvalue weighted by Gasteiger charge is -2.16. The molecule has 182 valence electrons. The van der Waals surface area contributed by atoms with Gasteiger partial charge >= 0.3 is 5.97 Å². The first-order valence-electron chi connectivity index (χ1n) is 11.7. The van der Waals surface area contributed by atoms with Crippen molar-refractivity contribution in [3.05, 3.63) is 75.5 Å². The van der Waals surface area contributed by atoms with Gasteiger partial charge in [0.05, 0.1) is 28.6 Å². The maximum Gasteiger partial charge on any atom is 0.345 e. The van der Waals surface area contributed by atoms with E-state index in [4.69, 9.17) is 9.40 Å². The normalized spacial score (nSPS) is 16.4. The van der Waals surface area contributed by atoms with Gasteiger partial charge < -0.3 is 14.4 Å². The van der Waals surface area contributed by atoms with Crippen molar-refractivity contribution in [2.45, 2.75) is 38.6 Å². The van der Waals surface area contributed by atoms with Crippen molar-refractivity contribution in [1.29, 1.82) is 0 Å². The van der Waals surface area contributed by atoms with Crippen LogP contribution in [0.1, 0.15) is 61.8 Å². The summed E-state index contributed by atoms with van der Waals surface area (Å²) in [6.45, 7) is 2.34. The Morgan fingerprint density at radius 3 is 2.64 bits per heavy atom. The van der Waals surface area contributed by atoms with Crippen LogP contribution < -0.4 is 0 Å². The number of benzene rings is 1. The van der Waals surface area contributed by atoms with Gasteiger partial charge in [0.25, 0.3) is 5.91 Å². The number of carbonyl (C=O) groups is 2. The molecule has 1 fully saturated rings. The van der Waals surface area contributed by atoms with Gasteiger partial charge in [-0.3, -0.25) is 9.78 Å². The fraction of sp³-hybridized carbons (Fsp3) is 0.269. The molecule has 2 aliphatic heterocycles. The molecule has 1 amide bonds. The zero-order valence-electron chi connectivity index (χ0n) is 19.3. The van der Waals surface area contributed by atoms with Crippen LogP contribution in [0, 0.1) is 12.7 Å². The van der Waals surface area contributed by atoms with Gasteiger partial charge in [0.15, 0.2) is 0 Å². The smallest absolute Gasteiger partial charge is 0.345 e. The van der Waals surface area contributed by atoms with E-state index in [0.29, 0.717) is 58.2 Å². The number of hydrogen-bond acceptors (Lipinski definition) is 7. The predicted molar refractivity (Wildman–Crippen MR) is 129 cm³/mol. The van der Waals surface area contributed by atoms with Crippen LogP contribution in [0.2, 0.25) is 0 Å². The third-order valence-electron chi connectivity index (χ3n) is 6.71. The Hall–Kier alpha value is -3.92. The van der Waals surface area contributed by atoms with Crippen LogP contribution in [0.4, 0.5) is 4.39 Å². The minimum absolute atomic E-state index is 0.104. The second-order valence-electron chi connectivity index (χ2n) is 8.95. The SMILES string of the molecule is Cc1nnc(-c2c(CCc3ccc(F)cc3)nc3c(c2-c2ccc(C(=O)O)s2)C(=O)N2CCC[C@@H]32)o1. The summed E-state index contributed by atoms with van der Waals surface area (Å²) in [7, 11) is 0. The maximum atomic E-state index is 13.6. The van der Waals surface area contributed by atoms with Crippen LogP contribution in [0.3, 0.4) is 0 Å². The number of hydrogen-bond donors (Lipinski definition) is 1. The Bertz CT molecular complexity index is 1510. The molecule has 0 aliphatic carbocycles. The summed E-state index contributed by atoms with van der Waals surface area (Å²) in [5, 5.41) is 17.8. The number of halogens is 1. The summed E-state index contributed by atoms with van der Waals surface area (Å²) in [4.78, 5) is 32.9. The molecule has 5 heterocycles. The Morgan fingerprint density at radius 2 is 1.94 bits per heavy atom. The standard InChI is InChI=1S/C26H21FN4O4S/c1-13-29-30-24(35-13)20-16(9-6-14-4-7-15(27)8-5-14)28-23-17-3-2-12-31(17)25(32)22(23)21(20)18-10-11-19(36-18)26(33)34/h4-5,7-8,10-11,17H,2-3,6,9,12H2,1H3,(H,33,34)/t17-/m0/s1. The lowest BCUT2D eigenvalue weighted by atomic mass is 9.93. The fourth-order valence-corrected chi connectivity index (χ4v) is 6.01. The summed E-state index contributed by atoms with van der Waals surface area (Å²) < 4.78 is 19.3. The maximum absolute atomic E-state index is 13.6. The molecule has 1 saturated heterocycles. The monoisotopic (exact) mass is 504 g/mol. The van der Waals surface area contributed by atoms with Crippen molar-refractivity contribution in [3.8, 4) is 21.9 Å². The molecule has 1 aromatic carbocycles. The molecule has 3 aromatic heterocycles. The van der Waals surface area contributed by atoms with Gasteiger partial charge in [-0.1, -0.05) is 12.1 Å². The minimum atomic E-state index is -1.03. The molecular weight excluding hydrogens is 483 g/mol. The Labute approximate surface area is 209 Å². The quantitative estimate of drug-likeness (QED) is 0.390. The number of nitrogens with zero attached hydrogens (tertiary/aromatic N) is 4. The van der Waals surface area contributed by atoms with Gasteiger partial charge in [-0.15, -0.1) is 21.5 Å². The van der Waals surface area contributed by atoms with E-state index in [1.54, 1.807) is 25.1 Å². The number of aromatic nitrogens is 3. The first-order valence-corrected chi connectivity index (χ1v) is 12.5. The molecule has 0 bridgehead atoms. The molecule has 1 N–H and O–H groups in total. The zero-order chi connectivity index (χ0) is 25.0. The highest BCUT2D eigenvalue weighted by Gasteiger charge is 2.44. The van der Waals surface area contributed by atoms with Crippen molar-refractivity contribution in [1.82, 2.24) is 20.1 Å². The number of pyridine rings is 1. The molecule has 10 heteroatoms. The second-order valence-corrected chi connectivity index (χ2v) is 10.0. The lowest BCUT2D eigenvalue weighted by Crippen LogP contribution is -2.22. The highest BCUT2D eigenvalue weighted by molar-refractivity contribution is 7.17. The molecule has 2 aliphatic rings. The number of amides is 1. The molecular formula is C26H21FN4O4S. The Morgan fingerprint density at radius 1 is 1.14 bits per heavy atom. The van der Waals surface area contributed by atoms with E-state index < -0.39 is 5.97 Å². The van der Waals surface area contributed by atoms with Gasteiger partial charge in [0, 0.05) is 23.9 Å². The number of carboxylic acid groups (broad SMARTS) is 1. The van der Waals surface area contributed by atoms with Crippen LogP contribution in [0.25, 0.3) is 21.9 Å². The van der Waals surface area contributed by atoms with Crippen LogP contribution in [0.5, 0.6) is 0 Å². The zero-order valence-corrected chi connectivity index (χ0v) is 20.1. The van der Waals surface area contributed by atoms with Crippen molar-refractivity contribution in [2.75, 3.05) is 6.54 Å². The van der Waals surface area contributed by atoms with E-state index in [9.17, 15) is 19.1 Å². The van der Waals surface area contributed by atoms with Crippen LogP contribution in [0.15, 0.2) is 40.8 Å². The number of thiophene rings is 1. The number of aromatic carboxylic acids is 1. The molecule has 4 aromatic rings. The van der Waals surface area contributed by atoms with Crippen molar-refractivity contribution in [3.63, 3.8) is 0 Å². The molecule has 0 saturated carbocycles. The minimum Gasteiger partial charge on any atom is -0.477 e. The average Bonchev–Trinajstić information content (AvgIpc) is 3.65.